The van der Waals surface area contributed by atoms with Gasteiger partial charge in [0.05, 0.1) is 5.56 Å². The van der Waals surface area contributed by atoms with Gasteiger partial charge in [0.2, 0.25) is 0 Å². The first-order valence-electron chi connectivity index (χ1n) is 5.78. The van der Waals surface area contributed by atoms with Crippen molar-refractivity contribution in [2.75, 3.05) is 0 Å². The number of aryl methyl sites for hydroxylation is 2. The summed E-state index contributed by atoms with van der Waals surface area (Å²) < 4.78 is 43.2. The molecule has 0 N–H and O–H groups in total. The molecule has 0 spiro atoms. The molecule has 4 heteroatoms. The number of hydrogen-bond donors (Lipinski definition) is 0. The molecule has 2 aromatic rings. The van der Waals surface area contributed by atoms with E-state index in [1.807, 2.05) is 19.1 Å². The average Bonchev–Trinajstić information content (AvgIpc) is 2.33. The minimum atomic E-state index is -4.33. The van der Waals surface area contributed by atoms with Gasteiger partial charge in [-0.1, -0.05) is 17.7 Å². The Balaban J connectivity index is 2.24. The molecule has 1 nitrogen and oxygen atoms in total. The van der Waals surface area contributed by atoms with Crippen molar-refractivity contribution in [3.05, 3.63) is 59.2 Å². The first-order valence-corrected chi connectivity index (χ1v) is 5.78. The van der Waals surface area contributed by atoms with Gasteiger partial charge in [0.1, 0.15) is 11.5 Å². The lowest BCUT2D eigenvalue weighted by Crippen LogP contribution is -2.05. The van der Waals surface area contributed by atoms with Crippen LogP contribution in [0, 0.1) is 13.8 Å². The number of hydrogen-bond acceptors (Lipinski definition) is 1. The van der Waals surface area contributed by atoms with E-state index in [0.29, 0.717) is 17.1 Å². The van der Waals surface area contributed by atoms with Crippen LogP contribution in [-0.2, 0) is 6.18 Å². The Hall–Kier alpha value is -1.97. The van der Waals surface area contributed by atoms with Crippen molar-refractivity contribution in [3.8, 4) is 11.5 Å². The smallest absolute Gasteiger partial charge is 0.416 e. The molecule has 0 radical (unpaired) electrons. The topological polar surface area (TPSA) is 9.23 Å². The summed E-state index contributed by atoms with van der Waals surface area (Å²) in [4.78, 5) is 0. The van der Waals surface area contributed by atoms with Gasteiger partial charge in [-0.15, -0.1) is 0 Å². The van der Waals surface area contributed by atoms with Crippen LogP contribution < -0.4 is 4.74 Å². The monoisotopic (exact) mass is 266 g/mol. The minimum Gasteiger partial charge on any atom is -0.457 e. The van der Waals surface area contributed by atoms with Crippen LogP contribution in [0.1, 0.15) is 16.7 Å². The second-order valence-electron chi connectivity index (χ2n) is 4.39. The Morgan fingerprint density at radius 2 is 1.53 bits per heavy atom. The van der Waals surface area contributed by atoms with Gasteiger partial charge in [0.15, 0.2) is 0 Å². The summed E-state index contributed by atoms with van der Waals surface area (Å²) in [7, 11) is 0. The third kappa shape index (κ3) is 3.28. The predicted octanol–water partition coefficient (Wildman–Crippen LogP) is 5.11. The summed E-state index contributed by atoms with van der Waals surface area (Å²) in [6.07, 6.45) is -4.33. The molecular formula is C15H13F3O. The largest absolute Gasteiger partial charge is 0.457 e. The third-order valence-corrected chi connectivity index (χ3v) is 2.75. The molecule has 0 atom stereocenters. The number of benzene rings is 2. The highest BCUT2D eigenvalue weighted by atomic mass is 19.4. The highest BCUT2D eigenvalue weighted by Crippen LogP contribution is 2.33. The Morgan fingerprint density at radius 1 is 0.895 bits per heavy atom. The molecule has 0 bridgehead atoms. The van der Waals surface area contributed by atoms with E-state index >= 15 is 0 Å². The summed E-state index contributed by atoms with van der Waals surface area (Å²) >= 11 is 0. The van der Waals surface area contributed by atoms with E-state index in [0.717, 1.165) is 17.7 Å². The molecule has 0 saturated carbocycles. The lowest BCUT2D eigenvalue weighted by molar-refractivity contribution is -0.137. The van der Waals surface area contributed by atoms with Gasteiger partial charge in [-0.2, -0.15) is 13.2 Å². The molecule has 0 aliphatic heterocycles. The zero-order valence-electron chi connectivity index (χ0n) is 10.6. The van der Waals surface area contributed by atoms with E-state index in [1.165, 1.54) is 6.07 Å². The van der Waals surface area contributed by atoms with E-state index in [9.17, 15) is 13.2 Å². The van der Waals surface area contributed by atoms with Gasteiger partial charge < -0.3 is 4.74 Å². The van der Waals surface area contributed by atoms with Crippen LogP contribution in [0.4, 0.5) is 13.2 Å². The fraction of sp³-hybridized carbons (Fsp3) is 0.200. The van der Waals surface area contributed by atoms with Crippen molar-refractivity contribution in [3.63, 3.8) is 0 Å². The molecule has 0 amide bonds. The Kier molecular flexibility index (Phi) is 3.51. The van der Waals surface area contributed by atoms with Crippen LogP contribution in [0.2, 0.25) is 0 Å². The SMILES string of the molecule is Cc1ccc(Oc2ccc(C(F)(F)F)cc2C)cc1. The van der Waals surface area contributed by atoms with Crippen LogP contribution in [-0.4, -0.2) is 0 Å². The highest BCUT2D eigenvalue weighted by Gasteiger charge is 2.30. The summed E-state index contributed by atoms with van der Waals surface area (Å²) in [6.45, 7) is 3.55. The number of halogens is 3. The van der Waals surface area contributed by atoms with Crippen LogP contribution in [0.15, 0.2) is 42.5 Å². The predicted molar refractivity (Wildman–Crippen MR) is 67.4 cm³/mol. The maximum atomic E-state index is 12.5. The minimum absolute atomic E-state index is 0.428. The summed E-state index contributed by atoms with van der Waals surface area (Å²) in [5.41, 5.74) is 0.883. The molecule has 2 aromatic carbocycles. The number of alkyl halides is 3. The number of rotatable bonds is 2. The van der Waals surface area contributed by atoms with Crippen molar-refractivity contribution in [1.82, 2.24) is 0 Å². The molecule has 0 aliphatic carbocycles. The van der Waals surface area contributed by atoms with Crippen molar-refractivity contribution in [2.45, 2.75) is 20.0 Å². The van der Waals surface area contributed by atoms with Crippen molar-refractivity contribution in [1.29, 1.82) is 0 Å². The van der Waals surface area contributed by atoms with Crippen LogP contribution in [0.5, 0.6) is 11.5 Å². The summed E-state index contributed by atoms with van der Waals surface area (Å²) in [5, 5.41) is 0. The van der Waals surface area contributed by atoms with E-state index in [1.54, 1.807) is 19.1 Å². The van der Waals surface area contributed by atoms with Gasteiger partial charge in [0.25, 0.3) is 0 Å². The van der Waals surface area contributed by atoms with E-state index < -0.39 is 11.7 Å². The molecule has 2 rings (SSSR count). The number of ether oxygens (including phenoxy) is 1. The van der Waals surface area contributed by atoms with E-state index in [-0.39, 0.29) is 0 Å². The average molecular weight is 266 g/mol. The quantitative estimate of drug-likeness (QED) is 0.733. The Morgan fingerprint density at radius 3 is 2.05 bits per heavy atom. The Labute approximate surface area is 109 Å². The van der Waals surface area contributed by atoms with Crippen molar-refractivity contribution in [2.24, 2.45) is 0 Å². The molecule has 0 saturated heterocycles. The van der Waals surface area contributed by atoms with Crippen LogP contribution >= 0.6 is 0 Å². The molecule has 0 unspecified atom stereocenters. The fourth-order valence-electron chi connectivity index (χ4n) is 1.67. The van der Waals surface area contributed by atoms with Crippen molar-refractivity contribution < 1.29 is 17.9 Å². The van der Waals surface area contributed by atoms with Crippen LogP contribution in [0.3, 0.4) is 0 Å². The van der Waals surface area contributed by atoms with Gasteiger partial charge in [-0.25, -0.2) is 0 Å². The van der Waals surface area contributed by atoms with Gasteiger partial charge in [-0.05, 0) is 49.7 Å². The first kappa shape index (κ1) is 13.5. The lowest BCUT2D eigenvalue weighted by atomic mass is 10.1. The lowest BCUT2D eigenvalue weighted by Gasteiger charge is -2.12. The highest BCUT2D eigenvalue weighted by molar-refractivity contribution is 5.40. The van der Waals surface area contributed by atoms with Crippen LogP contribution in [0.25, 0.3) is 0 Å². The maximum Gasteiger partial charge on any atom is 0.416 e. The molecule has 19 heavy (non-hydrogen) atoms. The summed E-state index contributed by atoms with van der Waals surface area (Å²) in [6, 6.07) is 10.8. The van der Waals surface area contributed by atoms with Gasteiger partial charge >= 0.3 is 6.18 Å². The normalized spacial score (nSPS) is 11.4. The summed E-state index contributed by atoms with van der Waals surface area (Å²) in [5.74, 6) is 1.03. The van der Waals surface area contributed by atoms with Crippen molar-refractivity contribution >= 4 is 0 Å². The van der Waals surface area contributed by atoms with Gasteiger partial charge in [0, 0.05) is 0 Å². The van der Waals surface area contributed by atoms with E-state index in [2.05, 4.69) is 0 Å². The Bertz CT molecular complexity index is 571. The second-order valence-corrected chi connectivity index (χ2v) is 4.39. The maximum absolute atomic E-state index is 12.5. The molecule has 100 valence electrons. The standard InChI is InChI=1S/C15H13F3O/c1-10-3-6-13(7-4-10)19-14-8-5-12(9-11(14)2)15(16,17)18/h3-9H,1-2H3. The molecule has 0 fully saturated rings. The second kappa shape index (κ2) is 4.96. The van der Waals surface area contributed by atoms with Gasteiger partial charge in [-0.3, -0.25) is 0 Å². The first-order chi connectivity index (χ1) is 8.86. The zero-order valence-corrected chi connectivity index (χ0v) is 10.6. The molecule has 0 heterocycles. The van der Waals surface area contributed by atoms with E-state index in [4.69, 9.17) is 4.74 Å². The molecule has 0 aromatic heterocycles. The molecular weight excluding hydrogens is 253 g/mol. The molecule has 0 aliphatic rings. The zero-order chi connectivity index (χ0) is 14.0. The third-order valence-electron chi connectivity index (χ3n) is 2.75. The fourth-order valence-corrected chi connectivity index (χ4v) is 1.67.